The molecule has 0 fully saturated rings. The zero-order valence-corrected chi connectivity index (χ0v) is 9.97. The summed E-state index contributed by atoms with van der Waals surface area (Å²) >= 11 is 0. The minimum atomic E-state index is 0.245. The Balaban J connectivity index is 1.67. The van der Waals surface area contributed by atoms with Crippen molar-refractivity contribution in [2.24, 2.45) is 0 Å². The molecule has 1 aliphatic rings. The highest BCUT2D eigenvalue weighted by atomic mass is 16.5. The van der Waals surface area contributed by atoms with Gasteiger partial charge < -0.3 is 15.2 Å². The molecule has 3 rings (SSSR count). The second-order valence-electron chi connectivity index (χ2n) is 4.45. The molecular formula is C15H15NO2. The first-order valence-electron chi connectivity index (χ1n) is 6.06. The van der Waals surface area contributed by atoms with E-state index in [0.717, 1.165) is 17.9 Å². The van der Waals surface area contributed by atoms with E-state index in [-0.39, 0.29) is 6.04 Å². The highest BCUT2D eigenvalue weighted by molar-refractivity contribution is 5.39. The maximum atomic E-state index is 9.23. The molecule has 0 radical (unpaired) electrons. The summed E-state index contributed by atoms with van der Waals surface area (Å²) in [7, 11) is 0. The molecule has 0 saturated heterocycles. The van der Waals surface area contributed by atoms with Crippen LogP contribution in [0.25, 0.3) is 0 Å². The summed E-state index contributed by atoms with van der Waals surface area (Å²) in [4.78, 5) is 0. The number of phenolic OH excluding ortho intramolecular Hbond substituents is 1. The average molecular weight is 241 g/mol. The van der Waals surface area contributed by atoms with Crippen LogP contribution in [0.3, 0.4) is 0 Å². The minimum Gasteiger partial charge on any atom is -0.508 e. The number of nitrogens with one attached hydrogen (secondary N) is 1. The van der Waals surface area contributed by atoms with Gasteiger partial charge in [0.05, 0.1) is 6.04 Å². The third-order valence-electron chi connectivity index (χ3n) is 3.19. The van der Waals surface area contributed by atoms with Gasteiger partial charge in [-0.05, 0) is 23.8 Å². The van der Waals surface area contributed by atoms with Crippen LogP contribution < -0.4 is 10.1 Å². The van der Waals surface area contributed by atoms with Crippen molar-refractivity contribution in [1.82, 2.24) is 5.32 Å². The maximum Gasteiger partial charge on any atom is 0.124 e. The third kappa shape index (κ3) is 2.17. The smallest absolute Gasteiger partial charge is 0.124 e. The molecule has 0 aliphatic carbocycles. The van der Waals surface area contributed by atoms with Crippen molar-refractivity contribution >= 4 is 0 Å². The van der Waals surface area contributed by atoms with Crippen LogP contribution in [0.5, 0.6) is 11.5 Å². The fraction of sp³-hybridized carbons (Fsp3) is 0.200. The van der Waals surface area contributed by atoms with Crippen LogP contribution in [-0.2, 0) is 6.54 Å². The molecule has 18 heavy (non-hydrogen) atoms. The molecular weight excluding hydrogens is 226 g/mol. The maximum absolute atomic E-state index is 9.23. The highest BCUT2D eigenvalue weighted by Crippen LogP contribution is 2.31. The molecule has 2 aromatic carbocycles. The molecule has 0 aromatic heterocycles. The Morgan fingerprint density at radius 2 is 1.89 bits per heavy atom. The van der Waals surface area contributed by atoms with Crippen LogP contribution >= 0.6 is 0 Å². The third-order valence-corrected chi connectivity index (χ3v) is 3.19. The summed E-state index contributed by atoms with van der Waals surface area (Å²) in [5.74, 6) is 1.27. The van der Waals surface area contributed by atoms with E-state index in [1.54, 1.807) is 12.1 Å². The zero-order chi connectivity index (χ0) is 12.4. The van der Waals surface area contributed by atoms with E-state index in [2.05, 4.69) is 11.4 Å². The van der Waals surface area contributed by atoms with Crippen molar-refractivity contribution in [3.63, 3.8) is 0 Å². The Kier molecular flexibility index (Phi) is 2.90. The fourth-order valence-corrected chi connectivity index (χ4v) is 2.19. The van der Waals surface area contributed by atoms with Crippen LogP contribution in [0.2, 0.25) is 0 Å². The van der Waals surface area contributed by atoms with Gasteiger partial charge >= 0.3 is 0 Å². The molecule has 1 heterocycles. The zero-order valence-electron chi connectivity index (χ0n) is 9.97. The lowest BCUT2D eigenvalue weighted by Gasteiger charge is -2.11. The van der Waals surface area contributed by atoms with Crippen LogP contribution in [0.4, 0.5) is 0 Å². The number of phenols is 1. The number of benzene rings is 2. The molecule has 1 unspecified atom stereocenters. The SMILES string of the molecule is Oc1ccc(CNC2COc3ccccc32)cc1. The second-order valence-corrected chi connectivity index (χ2v) is 4.45. The predicted molar refractivity (Wildman–Crippen MR) is 69.6 cm³/mol. The van der Waals surface area contributed by atoms with Gasteiger partial charge in [0.1, 0.15) is 18.1 Å². The van der Waals surface area contributed by atoms with Gasteiger partial charge in [0.15, 0.2) is 0 Å². The van der Waals surface area contributed by atoms with Gasteiger partial charge in [-0.3, -0.25) is 0 Å². The average Bonchev–Trinajstić information content (AvgIpc) is 2.82. The summed E-state index contributed by atoms with van der Waals surface area (Å²) in [6.45, 7) is 1.44. The van der Waals surface area contributed by atoms with Gasteiger partial charge in [-0.15, -0.1) is 0 Å². The molecule has 1 aliphatic heterocycles. The molecule has 2 aromatic rings. The standard InChI is InChI=1S/C15H15NO2/c17-12-7-5-11(6-8-12)9-16-14-10-18-15-4-2-1-3-13(14)15/h1-8,14,16-17H,9-10H2. The lowest BCUT2D eigenvalue weighted by Crippen LogP contribution is -2.21. The lowest BCUT2D eigenvalue weighted by molar-refractivity contribution is 0.310. The van der Waals surface area contributed by atoms with Crippen molar-refractivity contribution < 1.29 is 9.84 Å². The van der Waals surface area contributed by atoms with Crippen molar-refractivity contribution in [2.45, 2.75) is 12.6 Å². The summed E-state index contributed by atoms with van der Waals surface area (Å²) < 4.78 is 5.62. The first-order valence-corrected chi connectivity index (χ1v) is 6.06. The van der Waals surface area contributed by atoms with E-state index in [1.807, 2.05) is 30.3 Å². The molecule has 2 N–H and O–H groups in total. The van der Waals surface area contributed by atoms with Crippen LogP contribution in [0.1, 0.15) is 17.2 Å². The minimum absolute atomic E-state index is 0.245. The van der Waals surface area contributed by atoms with Gasteiger partial charge in [0.25, 0.3) is 0 Å². The number of para-hydroxylation sites is 1. The van der Waals surface area contributed by atoms with Gasteiger partial charge in [0.2, 0.25) is 0 Å². The van der Waals surface area contributed by atoms with E-state index < -0.39 is 0 Å². The Bertz CT molecular complexity index is 536. The highest BCUT2D eigenvalue weighted by Gasteiger charge is 2.22. The van der Waals surface area contributed by atoms with Crippen LogP contribution in [-0.4, -0.2) is 11.7 Å². The molecule has 0 saturated carbocycles. The molecule has 3 heteroatoms. The molecule has 0 bridgehead atoms. The molecule has 3 nitrogen and oxygen atoms in total. The fourth-order valence-electron chi connectivity index (χ4n) is 2.19. The first-order chi connectivity index (χ1) is 8.83. The van der Waals surface area contributed by atoms with Crippen LogP contribution in [0, 0.1) is 0 Å². The normalized spacial score (nSPS) is 17.2. The van der Waals surface area contributed by atoms with Crippen LogP contribution in [0.15, 0.2) is 48.5 Å². The Morgan fingerprint density at radius 1 is 1.11 bits per heavy atom. The monoisotopic (exact) mass is 241 g/mol. The van der Waals surface area contributed by atoms with E-state index in [9.17, 15) is 5.11 Å². The summed E-state index contributed by atoms with van der Waals surface area (Å²) in [5, 5.41) is 12.7. The summed E-state index contributed by atoms with van der Waals surface area (Å²) in [6, 6.07) is 15.6. The number of fused-ring (bicyclic) bond motifs is 1. The van der Waals surface area contributed by atoms with Crippen molar-refractivity contribution in [3.05, 3.63) is 59.7 Å². The first kappa shape index (κ1) is 11.1. The summed E-state index contributed by atoms with van der Waals surface area (Å²) in [6.07, 6.45) is 0. The number of hydrogen-bond acceptors (Lipinski definition) is 3. The van der Waals surface area contributed by atoms with Gasteiger partial charge in [-0.25, -0.2) is 0 Å². The van der Waals surface area contributed by atoms with Gasteiger partial charge in [-0.2, -0.15) is 0 Å². The van der Waals surface area contributed by atoms with Crippen molar-refractivity contribution in [3.8, 4) is 11.5 Å². The number of aromatic hydroxyl groups is 1. The lowest BCUT2D eigenvalue weighted by atomic mass is 10.1. The largest absolute Gasteiger partial charge is 0.508 e. The predicted octanol–water partition coefficient (Wildman–Crippen LogP) is 2.62. The molecule has 0 amide bonds. The molecule has 0 spiro atoms. The number of ether oxygens (including phenoxy) is 1. The quantitative estimate of drug-likeness (QED) is 0.868. The Labute approximate surface area is 106 Å². The van der Waals surface area contributed by atoms with Crippen molar-refractivity contribution in [1.29, 1.82) is 0 Å². The van der Waals surface area contributed by atoms with E-state index in [0.29, 0.717) is 12.4 Å². The van der Waals surface area contributed by atoms with E-state index in [1.165, 1.54) is 5.56 Å². The van der Waals surface area contributed by atoms with E-state index >= 15 is 0 Å². The number of hydrogen-bond donors (Lipinski definition) is 2. The molecule has 1 atom stereocenters. The number of rotatable bonds is 3. The topological polar surface area (TPSA) is 41.5 Å². The van der Waals surface area contributed by atoms with E-state index in [4.69, 9.17) is 4.74 Å². The Morgan fingerprint density at radius 3 is 2.72 bits per heavy atom. The summed E-state index contributed by atoms with van der Waals surface area (Å²) in [5.41, 5.74) is 2.37. The van der Waals surface area contributed by atoms with Gasteiger partial charge in [0, 0.05) is 12.1 Å². The van der Waals surface area contributed by atoms with Crippen molar-refractivity contribution in [2.75, 3.05) is 6.61 Å². The van der Waals surface area contributed by atoms with Gasteiger partial charge in [-0.1, -0.05) is 30.3 Å². The molecule has 92 valence electrons. The Hall–Kier alpha value is -2.00. The second kappa shape index (κ2) is 4.70.